The Balaban J connectivity index is 1.52. The van der Waals surface area contributed by atoms with Crippen LogP contribution in [0.4, 0.5) is 8.78 Å². The third kappa shape index (κ3) is 3.16. The van der Waals surface area contributed by atoms with E-state index in [4.69, 9.17) is 0 Å². The quantitative estimate of drug-likeness (QED) is 0.906. The fourth-order valence-electron chi connectivity index (χ4n) is 2.90. The van der Waals surface area contributed by atoms with Crippen molar-refractivity contribution >= 4 is 0 Å². The smallest absolute Gasteiger partial charge is 0.263 e. The summed E-state index contributed by atoms with van der Waals surface area (Å²) in [5.74, 6) is 0. The van der Waals surface area contributed by atoms with E-state index < -0.39 is 6.43 Å². The monoisotopic (exact) mass is 281 g/mol. The van der Waals surface area contributed by atoms with Gasteiger partial charge < -0.3 is 5.32 Å². The molecule has 110 valence electrons. The molecule has 0 spiro atoms. The summed E-state index contributed by atoms with van der Waals surface area (Å²) in [6, 6.07) is 7.50. The zero-order chi connectivity index (χ0) is 13.9. The summed E-state index contributed by atoms with van der Waals surface area (Å²) in [4.78, 5) is 4.88. The van der Waals surface area contributed by atoms with Crippen molar-refractivity contribution in [3.05, 3.63) is 35.4 Å². The molecule has 0 bridgehead atoms. The summed E-state index contributed by atoms with van der Waals surface area (Å²) in [5, 5.41) is 3.30. The molecule has 2 aliphatic rings. The van der Waals surface area contributed by atoms with Crippen LogP contribution in [0.1, 0.15) is 17.6 Å². The van der Waals surface area contributed by atoms with Crippen LogP contribution in [0.25, 0.3) is 0 Å². The van der Waals surface area contributed by atoms with E-state index in [1.54, 1.807) is 12.1 Å². The first-order valence-electron chi connectivity index (χ1n) is 7.26. The SMILES string of the molecule is FC(F)c1cccc(CN2CCN(C3CNC3)CC2)c1. The Morgan fingerprint density at radius 2 is 1.90 bits per heavy atom. The van der Waals surface area contributed by atoms with Crippen LogP contribution in [0.3, 0.4) is 0 Å². The van der Waals surface area contributed by atoms with Crippen molar-refractivity contribution in [1.29, 1.82) is 0 Å². The van der Waals surface area contributed by atoms with Crippen LogP contribution in [0.15, 0.2) is 24.3 Å². The highest BCUT2D eigenvalue weighted by Gasteiger charge is 2.27. The zero-order valence-corrected chi connectivity index (χ0v) is 11.6. The molecule has 0 radical (unpaired) electrons. The highest BCUT2D eigenvalue weighted by molar-refractivity contribution is 5.24. The van der Waals surface area contributed by atoms with E-state index in [0.717, 1.165) is 51.4 Å². The van der Waals surface area contributed by atoms with Crippen molar-refractivity contribution in [1.82, 2.24) is 15.1 Å². The summed E-state index contributed by atoms with van der Waals surface area (Å²) in [6.07, 6.45) is -2.38. The molecule has 1 aromatic carbocycles. The second-order valence-corrected chi connectivity index (χ2v) is 5.67. The summed E-state index contributed by atoms with van der Waals surface area (Å²) in [6.45, 7) is 7.21. The lowest BCUT2D eigenvalue weighted by atomic mass is 10.1. The number of nitrogens with one attached hydrogen (secondary N) is 1. The van der Waals surface area contributed by atoms with Crippen LogP contribution in [-0.2, 0) is 6.54 Å². The highest BCUT2D eigenvalue weighted by atomic mass is 19.3. The molecule has 3 rings (SSSR count). The fraction of sp³-hybridized carbons (Fsp3) is 0.600. The molecule has 0 amide bonds. The number of piperazine rings is 1. The van der Waals surface area contributed by atoms with Gasteiger partial charge in [0, 0.05) is 57.4 Å². The maximum absolute atomic E-state index is 12.7. The predicted octanol–water partition coefficient (Wildman–Crippen LogP) is 1.71. The average molecular weight is 281 g/mol. The first-order chi connectivity index (χ1) is 9.72. The molecule has 1 aromatic rings. The van der Waals surface area contributed by atoms with Gasteiger partial charge in [-0.15, -0.1) is 0 Å². The number of hydrogen-bond acceptors (Lipinski definition) is 3. The number of hydrogen-bond donors (Lipinski definition) is 1. The van der Waals surface area contributed by atoms with Gasteiger partial charge in [0.2, 0.25) is 0 Å². The van der Waals surface area contributed by atoms with Gasteiger partial charge in [-0.05, 0) is 11.6 Å². The van der Waals surface area contributed by atoms with Gasteiger partial charge in [-0.1, -0.05) is 18.2 Å². The largest absolute Gasteiger partial charge is 0.314 e. The minimum Gasteiger partial charge on any atom is -0.314 e. The Morgan fingerprint density at radius 1 is 1.15 bits per heavy atom. The van der Waals surface area contributed by atoms with E-state index in [1.165, 1.54) is 6.07 Å². The molecule has 0 aliphatic carbocycles. The average Bonchev–Trinajstić information content (AvgIpc) is 2.39. The Bertz CT molecular complexity index is 440. The molecule has 5 heteroatoms. The van der Waals surface area contributed by atoms with E-state index >= 15 is 0 Å². The standard InChI is InChI=1S/C15H21F2N3/c16-15(17)13-3-1-2-12(8-13)11-19-4-6-20(7-5-19)14-9-18-10-14/h1-3,8,14-15,18H,4-7,9-11H2. The van der Waals surface area contributed by atoms with E-state index in [2.05, 4.69) is 15.1 Å². The van der Waals surface area contributed by atoms with E-state index in [1.807, 2.05) is 6.07 Å². The molecule has 0 atom stereocenters. The van der Waals surface area contributed by atoms with Crippen LogP contribution < -0.4 is 5.32 Å². The molecule has 2 saturated heterocycles. The maximum Gasteiger partial charge on any atom is 0.263 e. The Morgan fingerprint density at radius 3 is 2.50 bits per heavy atom. The number of halogens is 2. The Hall–Kier alpha value is -1.04. The summed E-state index contributed by atoms with van der Waals surface area (Å²) in [7, 11) is 0. The lowest BCUT2D eigenvalue weighted by Gasteiger charge is -2.43. The molecule has 0 aromatic heterocycles. The van der Waals surface area contributed by atoms with Crippen molar-refractivity contribution in [2.24, 2.45) is 0 Å². The second kappa shape index (κ2) is 6.16. The molecular formula is C15H21F2N3. The van der Waals surface area contributed by atoms with Crippen molar-refractivity contribution in [2.45, 2.75) is 19.0 Å². The lowest BCUT2D eigenvalue weighted by molar-refractivity contribution is 0.0695. The van der Waals surface area contributed by atoms with Crippen LogP contribution in [0, 0.1) is 0 Å². The van der Waals surface area contributed by atoms with Gasteiger partial charge in [0.25, 0.3) is 6.43 Å². The van der Waals surface area contributed by atoms with E-state index in [9.17, 15) is 8.78 Å². The summed E-state index contributed by atoms with van der Waals surface area (Å²) < 4.78 is 25.4. The van der Waals surface area contributed by atoms with Gasteiger partial charge in [0.05, 0.1) is 0 Å². The van der Waals surface area contributed by atoms with Gasteiger partial charge in [-0.3, -0.25) is 9.80 Å². The van der Waals surface area contributed by atoms with Crippen molar-refractivity contribution in [3.63, 3.8) is 0 Å². The Labute approximate surface area is 118 Å². The molecule has 0 saturated carbocycles. The number of nitrogens with zero attached hydrogens (tertiary/aromatic N) is 2. The Kier molecular flexibility index (Phi) is 4.29. The summed E-state index contributed by atoms with van der Waals surface area (Å²) in [5.41, 5.74) is 1.11. The molecule has 1 N–H and O–H groups in total. The van der Waals surface area contributed by atoms with Gasteiger partial charge in [0.1, 0.15) is 0 Å². The molecule has 3 nitrogen and oxygen atoms in total. The molecule has 2 fully saturated rings. The first-order valence-corrected chi connectivity index (χ1v) is 7.26. The third-order valence-corrected chi connectivity index (χ3v) is 4.29. The first kappa shape index (κ1) is 13.9. The van der Waals surface area contributed by atoms with E-state index in [0.29, 0.717) is 6.04 Å². The highest BCUT2D eigenvalue weighted by Crippen LogP contribution is 2.20. The second-order valence-electron chi connectivity index (χ2n) is 5.67. The minimum absolute atomic E-state index is 0.127. The fourth-order valence-corrected chi connectivity index (χ4v) is 2.90. The molecule has 2 heterocycles. The maximum atomic E-state index is 12.7. The van der Waals surface area contributed by atoms with Crippen LogP contribution in [-0.4, -0.2) is 55.1 Å². The number of rotatable bonds is 4. The van der Waals surface area contributed by atoms with Crippen LogP contribution in [0.5, 0.6) is 0 Å². The van der Waals surface area contributed by atoms with Crippen molar-refractivity contribution in [2.75, 3.05) is 39.3 Å². The topological polar surface area (TPSA) is 18.5 Å². The number of benzene rings is 1. The van der Waals surface area contributed by atoms with Crippen molar-refractivity contribution in [3.8, 4) is 0 Å². The van der Waals surface area contributed by atoms with Gasteiger partial charge >= 0.3 is 0 Å². The predicted molar refractivity (Wildman–Crippen MR) is 74.9 cm³/mol. The molecule has 2 aliphatic heterocycles. The lowest BCUT2D eigenvalue weighted by Crippen LogP contribution is -2.61. The normalized spacial score (nSPS) is 22.1. The van der Waals surface area contributed by atoms with Gasteiger partial charge in [0.15, 0.2) is 0 Å². The van der Waals surface area contributed by atoms with Gasteiger partial charge in [-0.2, -0.15) is 0 Å². The molecule has 20 heavy (non-hydrogen) atoms. The minimum atomic E-state index is -2.38. The van der Waals surface area contributed by atoms with E-state index in [-0.39, 0.29) is 5.56 Å². The van der Waals surface area contributed by atoms with Crippen LogP contribution >= 0.6 is 0 Å². The zero-order valence-electron chi connectivity index (χ0n) is 11.6. The number of alkyl halides is 2. The summed E-state index contributed by atoms with van der Waals surface area (Å²) >= 11 is 0. The molecular weight excluding hydrogens is 260 g/mol. The molecule has 0 unspecified atom stereocenters. The van der Waals surface area contributed by atoms with Crippen LogP contribution in [0.2, 0.25) is 0 Å². The van der Waals surface area contributed by atoms with Crippen molar-refractivity contribution < 1.29 is 8.78 Å². The van der Waals surface area contributed by atoms with Gasteiger partial charge in [-0.25, -0.2) is 8.78 Å². The third-order valence-electron chi connectivity index (χ3n) is 4.29.